The number of methoxy groups -OCH3 is 2. The monoisotopic (exact) mass is 298 g/mol. The van der Waals surface area contributed by atoms with E-state index in [1.54, 1.807) is 18.2 Å². The standard InChI is InChI=1S/C18H18O4/c1-11-5-8-14(18(20)22-4)16(9-11)15-10-13(17(19)21-3)7-6-12(15)2/h5-10H,1-4H3. The maximum absolute atomic E-state index is 12.0. The van der Waals surface area contributed by atoms with Crippen molar-refractivity contribution in [1.82, 2.24) is 0 Å². The molecule has 0 saturated heterocycles. The molecule has 2 aromatic carbocycles. The van der Waals surface area contributed by atoms with E-state index in [0.717, 1.165) is 22.3 Å². The first-order valence-electron chi connectivity index (χ1n) is 6.86. The summed E-state index contributed by atoms with van der Waals surface area (Å²) in [5.41, 5.74) is 4.45. The highest BCUT2D eigenvalue weighted by Crippen LogP contribution is 2.29. The first kappa shape index (κ1) is 15.8. The van der Waals surface area contributed by atoms with Gasteiger partial charge in [0.2, 0.25) is 0 Å². The molecule has 0 unspecified atom stereocenters. The first-order valence-corrected chi connectivity index (χ1v) is 6.86. The van der Waals surface area contributed by atoms with Crippen LogP contribution in [-0.4, -0.2) is 26.2 Å². The molecule has 0 amide bonds. The molecule has 0 heterocycles. The summed E-state index contributed by atoms with van der Waals surface area (Å²) in [4.78, 5) is 23.7. The molecule has 0 bridgehead atoms. The quantitative estimate of drug-likeness (QED) is 0.813. The van der Waals surface area contributed by atoms with Crippen molar-refractivity contribution >= 4 is 11.9 Å². The van der Waals surface area contributed by atoms with Gasteiger partial charge in [-0.1, -0.05) is 23.8 Å². The van der Waals surface area contributed by atoms with Gasteiger partial charge in [-0.3, -0.25) is 0 Å². The predicted octanol–water partition coefficient (Wildman–Crippen LogP) is 3.54. The third-order valence-electron chi connectivity index (χ3n) is 3.53. The molecule has 0 saturated carbocycles. The Bertz CT molecular complexity index is 732. The fraction of sp³-hybridized carbons (Fsp3) is 0.222. The number of ether oxygens (including phenoxy) is 2. The lowest BCUT2D eigenvalue weighted by Crippen LogP contribution is -2.06. The number of benzene rings is 2. The molecule has 4 heteroatoms. The van der Waals surface area contributed by atoms with E-state index in [4.69, 9.17) is 9.47 Å². The number of hydrogen-bond donors (Lipinski definition) is 0. The van der Waals surface area contributed by atoms with Crippen LogP contribution in [0.3, 0.4) is 0 Å². The maximum Gasteiger partial charge on any atom is 0.338 e. The van der Waals surface area contributed by atoms with Crippen LogP contribution in [-0.2, 0) is 9.47 Å². The Balaban J connectivity index is 2.67. The van der Waals surface area contributed by atoms with Crippen molar-refractivity contribution in [3.8, 4) is 11.1 Å². The molecule has 0 aromatic heterocycles. The van der Waals surface area contributed by atoms with E-state index < -0.39 is 11.9 Å². The topological polar surface area (TPSA) is 52.6 Å². The number of esters is 2. The van der Waals surface area contributed by atoms with Crippen LogP contribution in [0.15, 0.2) is 36.4 Å². The van der Waals surface area contributed by atoms with Gasteiger partial charge < -0.3 is 9.47 Å². The van der Waals surface area contributed by atoms with E-state index >= 15 is 0 Å². The smallest absolute Gasteiger partial charge is 0.338 e. The van der Waals surface area contributed by atoms with Crippen LogP contribution in [0.2, 0.25) is 0 Å². The van der Waals surface area contributed by atoms with Crippen molar-refractivity contribution < 1.29 is 19.1 Å². The Hall–Kier alpha value is -2.62. The Kier molecular flexibility index (Phi) is 4.61. The number of hydrogen-bond acceptors (Lipinski definition) is 4. The summed E-state index contributed by atoms with van der Waals surface area (Å²) in [6, 6.07) is 10.8. The summed E-state index contributed by atoms with van der Waals surface area (Å²) in [5.74, 6) is -0.814. The summed E-state index contributed by atoms with van der Waals surface area (Å²) < 4.78 is 9.61. The van der Waals surface area contributed by atoms with Gasteiger partial charge in [-0.05, 0) is 48.7 Å². The highest BCUT2D eigenvalue weighted by Gasteiger charge is 2.16. The van der Waals surface area contributed by atoms with Gasteiger partial charge in [-0.15, -0.1) is 0 Å². The molecule has 2 rings (SSSR count). The summed E-state index contributed by atoms with van der Waals surface area (Å²) in [6.07, 6.45) is 0. The Labute approximate surface area is 129 Å². The zero-order valence-electron chi connectivity index (χ0n) is 13.1. The Morgan fingerprint density at radius 1 is 0.818 bits per heavy atom. The summed E-state index contributed by atoms with van der Waals surface area (Å²) in [7, 11) is 2.69. The van der Waals surface area contributed by atoms with E-state index in [0.29, 0.717) is 11.1 Å². The largest absolute Gasteiger partial charge is 0.465 e. The highest BCUT2D eigenvalue weighted by molar-refractivity contribution is 5.99. The molecule has 22 heavy (non-hydrogen) atoms. The van der Waals surface area contributed by atoms with Gasteiger partial charge in [0.05, 0.1) is 25.3 Å². The maximum atomic E-state index is 12.0. The van der Waals surface area contributed by atoms with E-state index in [2.05, 4.69) is 0 Å². The van der Waals surface area contributed by atoms with Crippen molar-refractivity contribution in [3.63, 3.8) is 0 Å². The van der Waals surface area contributed by atoms with Crippen molar-refractivity contribution in [2.24, 2.45) is 0 Å². The van der Waals surface area contributed by atoms with Crippen LogP contribution in [0.1, 0.15) is 31.8 Å². The van der Waals surface area contributed by atoms with Crippen LogP contribution in [0.25, 0.3) is 11.1 Å². The van der Waals surface area contributed by atoms with Crippen molar-refractivity contribution in [2.75, 3.05) is 14.2 Å². The SMILES string of the molecule is COC(=O)c1ccc(C)c(-c2cc(C)ccc2C(=O)OC)c1. The number of rotatable bonds is 3. The van der Waals surface area contributed by atoms with Gasteiger partial charge >= 0.3 is 11.9 Å². The molecule has 0 N–H and O–H groups in total. The normalized spacial score (nSPS) is 10.2. The summed E-state index contributed by atoms with van der Waals surface area (Å²) >= 11 is 0. The van der Waals surface area contributed by atoms with Crippen LogP contribution < -0.4 is 0 Å². The van der Waals surface area contributed by atoms with Crippen molar-refractivity contribution in [2.45, 2.75) is 13.8 Å². The molecule has 0 aliphatic rings. The summed E-state index contributed by atoms with van der Waals surface area (Å²) in [5, 5.41) is 0. The minimum Gasteiger partial charge on any atom is -0.465 e. The highest BCUT2D eigenvalue weighted by atomic mass is 16.5. The van der Waals surface area contributed by atoms with Gasteiger partial charge in [0.25, 0.3) is 0 Å². The minimum absolute atomic E-state index is 0.405. The fourth-order valence-electron chi connectivity index (χ4n) is 2.33. The molecular weight excluding hydrogens is 280 g/mol. The first-order chi connectivity index (χ1) is 10.5. The van der Waals surface area contributed by atoms with Gasteiger partial charge in [0.1, 0.15) is 0 Å². The molecular formula is C18H18O4. The molecule has 0 spiro atoms. The Morgan fingerprint density at radius 3 is 2.14 bits per heavy atom. The van der Waals surface area contributed by atoms with Crippen molar-refractivity contribution in [1.29, 1.82) is 0 Å². The Morgan fingerprint density at radius 2 is 1.50 bits per heavy atom. The van der Waals surface area contributed by atoms with Gasteiger partial charge in [-0.25, -0.2) is 9.59 Å². The fourth-order valence-corrected chi connectivity index (χ4v) is 2.33. The van der Waals surface area contributed by atoms with Crippen LogP contribution in [0.5, 0.6) is 0 Å². The second-order valence-electron chi connectivity index (χ2n) is 5.06. The van der Waals surface area contributed by atoms with E-state index in [9.17, 15) is 9.59 Å². The second kappa shape index (κ2) is 6.43. The molecule has 2 aromatic rings. The molecule has 4 nitrogen and oxygen atoms in total. The number of carbonyl (C=O) groups is 2. The lowest BCUT2D eigenvalue weighted by Gasteiger charge is -2.13. The predicted molar refractivity (Wildman–Crippen MR) is 84.0 cm³/mol. The molecule has 0 fully saturated rings. The minimum atomic E-state index is -0.409. The molecule has 0 aliphatic heterocycles. The van der Waals surface area contributed by atoms with Gasteiger partial charge in [0, 0.05) is 0 Å². The number of aryl methyl sites for hydroxylation is 2. The van der Waals surface area contributed by atoms with Crippen LogP contribution >= 0.6 is 0 Å². The van der Waals surface area contributed by atoms with Crippen LogP contribution in [0, 0.1) is 13.8 Å². The zero-order chi connectivity index (χ0) is 16.3. The van der Waals surface area contributed by atoms with E-state index in [1.807, 2.05) is 32.0 Å². The zero-order valence-corrected chi connectivity index (χ0v) is 13.1. The van der Waals surface area contributed by atoms with Gasteiger partial charge in [-0.2, -0.15) is 0 Å². The number of carbonyl (C=O) groups excluding carboxylic acids is 2. The second-order valence-corrected chi connectivity index (χ2v) is 5.06. The molecule has 114 valence electrons. The molecule has 0 aliphatic carbocycles. The molecule has 0 radical (unpaired) electrons. The lowest BCUT2D eigenvalue weighted by molar-refractivity contribution is 0.0593. The third kappa shape index (κ3) is 3.01. The third-order valence-corrected chi connectivity index (χ3v) is 3.53. The van der Waals surface area contributed by atoms with Gasteiger partial charge in [0.15, 0.2) is 0 Å². The average molecular weight is 298 g/mol. The van der Waals surface area contributed by atoms with E-state index in [1.165, 1.54) is 14.2 Å². The lowest BCUT2D eigenvalue weighted by atomic mass is 9.93. The molecule has 0 atom stereocenters. The summed E-state index contributed by atoms with van der Waals surface area (Å²) in [6.45, 7) is 3.88. The van der Waals surface area contributed by atoms with Crippen LogP contribution in [0.4, 0.5) is 0 Å². The van der Waals surface area contributed by atoms with E-state index in [-0.39, 0.29) is 0 Å². The van der Waals surface area contributed by atoms with Crippen molar-refractivity contribution in [3.05, 3.63) is 58.7 Å². The average Bonchev–Trinajstić information content (AvgIpc) is 2.53.